The fourth-order valence-electron chi connectivity index (χ4n) is 4.25. The standard InChI is InChI=1S/C23H34N4O3/c1-16(2)24-23(30)26-20-12-10-17(11-13-20)22(29)27-14-6-7-18(15-27)21(28)25-19-8-4-3-5-9-19/h10-13,16,18-19H,3-9,14-15H2,1-2H3,(H,25,28)(H2,24,26,30). The van der Waals surface area contributed by atoms with E-state index in [1.54, 1.807) is 29.2 Å². The number of piperidine rings is 1. The van der Waals surface area contributed by atoms with Crippen molar-refractivity contribution in [1.82, 2.24) is 15.5 Å². The molecule has 7 nitrogen and oxygen atoms in total. The summed E-state index contributed by atoms with van der Waals surface area (Å²) in [5.74, 6) is -0.108. The van der Waals surface area contributed by atoms with Crippen LogP contribution in [0.4, 0.5) is 10.5 Å². The van der Waals surface area contributed by atoms with Crippen molar-refractivity contribution >= 4 is 23.5 Å². The third kappa shape index (κ3) is 6.21. The lowest BCUT2D eigenvalue weighted by Crippen LogP contribution is -2.47. The average molecular weight is 415 g/mol. The van der Waals surface area contributed by atoms with E-state index in [0.717, 1.165) is 25.7 Å². The van der Waals surface area contributed by atoms with E-state index >= 15 is 0 Å². The second-order valence-electron chi connectivity index (χ2n) is 8.76. The molecule has 1 saturated carbocycles. The van der Waals surface area contributed by atoms with E-state index in [1.807, 2.05) is 13.8 Å². The summed E-state index contributed by atoms with van der Waals surface area (Å²) in [7, 11) is 0. The second-order valence-corrected chi connectivity index (χ2v) is 8.76. The maximum Gasteiger partial charge on any atom is 0.319 e. The van der Waals surface area contributed by atoms with Crippen molar-refractivity contribution < 1.29 is 14.4 Å². The number of nitrogens with one attached hydrogen (secondary N) is 3. The van der Waals surface area contributed by atoms with Crippen LogP contribution in [0.3, 0.4) is 0 Å². The molecule has 1 unspecified atom stereocenters. The third-order valence-electron chi connectivity index (χ3n) is 5.84. The van der Waals surface area contributed by atoms with E-state index in [1.165, 1.54) is 19.3 Å². The van der Waals surface area contributed by atoms with Crippen molar-refractivity contribution in [2.45, 2.75) is 70.9 Å². The Balaban J connectivity index is 1.54. The molecular weight excluding hydrogens is 380 g/mol. The van der Waals surface area contributed by atoms with Gasteiger partial charge in [-0.2, -0.15) is 0 Å². The van der Waals surface area contributed by atoms with Gasteiger partial charge in [-0.15, -0.1) is 0 Å². The molecule has 2 fully saturated rings. The fraction of sp³-hybridized carbons (Fsp3) is 0.609. The molecule has 7 heteroatoms. The monoisotopic (exact) mass is 414 g/mol. The predicted octanol–water partition coefficient (Wildman–Crippen LogP) is 3.52. The van der Waals surface area contributed by atoms with Crippen molar-refractivity contribution in [1.29, 1.82) is 0 Å². The Hall–Kier alpha value is -2.57. The van der Waals surface area contributed by atoms with Gasteiger partial charge in [0, 0.05) is 36.4 Å². The van der Waals surface area contributed by atoms with Crippen molar-refractivity contribution in [3.8, 4) is 0 Å². The van der Waals surface area contributed by atoms with Crippen LogP contribution in [0, 0.1) is 5.92 Å². The van der Waals surface area contributed by atoms with Gasteiger partial charge in [-0.1, -0.05) is 19.3 Å². The first-order chi connectivity index (χ1) is 14.4. The molecule has 1 saturated heterocycles. The molecule has 4 amide bonds. The number of benzene rings is 1. The summed E-state index contributed by atoms with van der Waals surface area (Å²) < 4.78 is 0. The number of nitrogens with zero attached hydrogens (tertiary/aromatic N) is 1. The van der Waals surface area contributed by atoms with Gasteiger partial charge in [0.15, 0.2) is 0 Å². The van der Waals surface area contributed by atoms with E-state index in [-0.39, 0.29) is 29.8 Å². The molecular formula is C23H34N4O3. The van der Waals surface area contributed by atoms with Crippen LogP contribution in [0.5, 0.6) is 0 Å². The summed E-state index contributed by atoms with van der Waals surface area (Å²) in [6.45, 7) is 4.92. The first-order valence-electron chi connectivity index (χ1n) is 11.2. The minimum absolute atomic E-state index is 0.0493. The number of rotatable bonds is 5. The van der Waals surface area contributed by atoms with Crippen LogP contribution >= 0.6 is 0 Å². The summed E-state index contributed by atoms with van der Waals surface area (Å²) in [6.07, 6.45) is 7.43. The molecule has 0 radical (unpaired) electrons. The van der Waals surface area contributed by atoms with Gasteiger partial charge in [-0.05, 0) is 63.8 Å². The Kier molecular flexibility index (Phi) is 7.71. The van der Waals surface area contributed by atoms with Crippen molar-refractivity contribution in [2.24, 2.45) is 5.92 Å². The van der Waals surface area contributed by atoms with Gasteiger partial charge >= 0.3 is 6.03 Å². The molecule has 30 heavy (non-hydrogen) atoms. The summed E-state index contributed by atoms with van der Waals surface area (Å²) in [5, 5.41) is 8.72. The van der Waals surface area contributed by atoms with Crippen LogP contribution in [0.25, 0.3) is 0 Å². The zero-order chi connectivity index (χ0) is 21.5. The van der Waals surface area contributed by atoms with Crippen LogP contribution < -0.4 is 16.0 Å². The summed E-state index contributed by atoms with van der Waals surface area (Å²) in [6, 6.07) is 6.97. The Morgan fingerprint density at radius 2 is 1.67 bits per heavy atom. The molecule has 0 bridgehead atoms. The van der Waals surface area contributed by atoms with Crippen LogP contribution in [0.2, 0.25) is 0 Å². The Morgan fingerprint density at radius 1 is 0.967 bits per heavy atom. The fourth-order valence-corrected chi connectivity index (χ4v) is 4.25. The number of anilines is 1. The van der Waals surface area contributed by atoms with Crippen LogP contribution in [0.1, 0.15) is 69.2 Å². The average Bonchev–Trinajstić information content (AvgIpc) is 2.74. The van der Waals surface area contributed by atoms with E-state index < -0.39 is 0 Å². The lowest BCUT2D eigenvalue weighted by Gasteiger charge is -2.33. The number of hydrogen-bond acceptors (Lipinski definition) is 3. The Morgan fingerprint density at radius 3 is 2.33 bits per heavy atom. The van der Waals surface area contributed by atoms with Crippen LogP contribution in [-0.4, -0.2) is 47.9 Å². The topological polar surface area (TPSA) is 90.5 Å². The van der Waals surface area contributed by atoms with Gasteiger partial charge in [-0.25, -0.2) is 4.79 Å². The Bertz CT molecular complexity index is 741. The molecule has 1 heterocycles. The minimum Gasteiger partial charge on any atom is -0.353 e. The lowest BCUT2D eigenvalue weighted by atomic mass is 9.92. The maximum absolute atomic E-state index is 12.9. The highest BCUT2D eigenvalue weighted by molar-refractivity contribution is 5.96. The molecule has 1 aromatic carbocycles. The number of likely N-dealkylation sites (tertiary alicyclic amines) is 1. The van der Waals surface area contributed by atoms with Crippen molar-refractivity contribution in [3.05, 3.63) is 29.8 Å². The largest absolute Gasteiger partial charge is 0.353 e. The van der Waals surface area contributed by atoms with E-state index in [9.17, 15) is 14.4 Å². The zero-order valence-electron chi connectivity index (χ0n) is 18.1. The molecule has 3 rings (SSSR count). The summed E-state index contributed by atoms with van der Waals surface area (Å²) >= 11 is 0. The number of carbonyl (C=O) groups excluding carboxylic acids is 3. The normalized spacial score (nSPS) is 20.0. The zero-order valence-corrected chi connectivity index (χ0v) is 18.1. The number of hydrogen-bond donors (Lipinski definition) is 3. The molecule has 1 atom stereocenters. The van der Waals surface area contributed by atoms with Crippen molar-refractivity contribution in [2.75, 3.05) is 18.4 Å². The molecule has 3 N–H and O–H groups in total. The Labute approximate surface area is 179 Å². The van der Waals surface area contributed by atoms with Gasteiger partial charge in [-0.3, -0.25) is 9.59 Å². The van der Waals surface area contributed by atoms with E-state index in [0.29, 0.717) is 30.4 Å². The molecule has 1 aliphatic carbocycles. The number of urea groups is 1. The number of amides is 4. The van der Waals surface area contributed by atoms with E-state index in [4.69, 9.17) is 0 Å². The first-order valence-corrected chi connectivity index (χ1v) is 11.2. The third-order valence-corrected chi connectivity index (χ3v) is 5.84. The first kappa shape index (κ1) is 22.1. The summed E-state index contributed by atoms with van der Waals surface area (Å²) in [4.78, 5) is 39.2. The molecule has 1 aromatic rings. The molecule has 0 aromatic heterocycles. The van der Waals surface area contributed by atoms with Crippen LogP contribution in [-0.2, 0) is 4.79 Å². The molecule has 2 aliphatic rings. The van der Waals surface area contributed by atoms with Crippen molar-refractivity contribution in [3.63, 3.8) is 0 Å². The number of carbonyl (C=O) groups is 3. The smallest absolute Gasteiger partial charge is 0.319 e. The molecule has 0 spiro atoms. The SMILES string of the molecule is CC(C)NC(=O)Nc1ccc(C(=O)N2CCCC(C(=O)NC3CCCCC3)C2)cc1. The van der Waals surface area contributed by atoms with Gasteiger partial charge in [0.05, 0.1) is 5.92 Å². The predicted molar refractivity (Wildman–Crippen MR) is 117 cm³/mol. The van der Waals surface area contributed by atoms with Crippen LogP contribution in [0.15, 0.2) is 24.3 Å². The van der Waals surface area contributed by atoms with Gasteiger partial charge < -0.3 is 20.9 Å². The quantitative estimate of drug-likeness (QED) is 0.689. The van der Waals surface area contributed by atoms with Gasteiger partial charge in [0.1, 0.15) is 0 Å². The highest BCUT2D eigenvalue weighted by atomic mass is 16.2. The molecule has 1 aliphatic heterocycles. The minimum atomic E-state index is -0.271. The second kappa shape index (κ2) is 10.5. The summed E-state index contributed by atoms with van der Waals surface area (Å²) in [5.41, 5.74) is 1.20. The lowest BCUT2D eigenvalue weighted by molar-refractivity contribution is -0.127. The highest BCUT2D eigenvalue weighted by Crippen LogP contribution is 2.22. The maximum atomic E-state index is 12.9. The molecule has 164 valence electrons. The van der Waals surface area contributed by atoms with Gasteiger partial charge in [0.2, 0.25) is 5.91 Å². The highest BCUT2D eigenvalue weighted by Gasteiger charge is 2.30. The van der Waals surface area contributed by atoms with E-state index in [2.05, 4.69) is 16.0 Å². The van der Waals surface area contributed by atoms with Gasteiger partial charge in [0.25, 0.3) is 5.91 Å².